The van der Waals surface area contributed by atoms with Crippen LogP contribution in [0.1, 0.15) is 64.5 Å². The molecule has 4 rings (SSSR count). The second kappa shape index (κ2) is 15.1. The molecule has 0 aliphatic carbocycles. The molecule has 2 heterocycles. The van der Waals surface area contributed by atoms with E-state index < -0.39 is 13.9 Å². The number of epoxide rings is 1. The Morgan fingerprint density at radius 3 is 2.12 bits per heavy atom. The van der Waals surface area contributed by atoms with Crippen LogP contribution in [0, 0.1) is 0 Å². The minimum absolute atomic E-state index is 0.0175. The first kappa shape index (κ1) is 31.4. The molecular weight excluding hydrogens is 520 g/mol. The Morgan fingerprint density at radius 2 is 1.55 bits per heavy atom. The second-order valence-electron chi connectivity index (χ2n) is 11.7. The first-order valence-corrected chi connectivity index (χ1v) is 17.9. The molecule has 0 bridgehead atoms. The lowest BCUT2D eigenvalue weighted by Gasteiger charge is -2.46. The second-order valence-corrected chi connectivity index (χ2v) is 16.4. The quantitative estimate of drug-likeness (QED) is 0.130. The molecule has 2 aromatic rings. The van der Waals surface area contributed by atoms with E-state index in [0.717, 1.165) is 37.4 Å². The fourth-order valence-corrected chi connectivity index (χ4v) is 8.77. The standard InChI is InChI=1S/C33H50O6Si/c1-5-40(6-2,7-3)39-32-29(36-24-27-17-12-9-13-18-27)21-28(37-30(32)22-31-33(4,25-34)38-31)19-14-20-35-23-26-15-10-8-11-16-26/h8-13,15-18,28-32,34H,5-7,14,19-25H2,1-4H3/t28-,29+,30-,31+,32+,33+/m1/s1. The van der Waals surface area contributed by atoms with Gasteiger partial charge in [0.05, 0.1) is 50.3 Å². The number of benzene rings is 2. The summed E-state index contributed by atoms with van der Waals surface area (Å²) in [5.41, 5.74) is 1.87. The zero-order valence-corrected chi connectivity index (χ0v) is 25.9. The Morgan fingerprint density at radius 1 is 0.925 bits per heavy atom. The van der Waals surface area contributed by atoms with Crippen molar-refractivity contribution in [1.82, 2.24) is 0 Å². The lowest BCUT2D eigenvalue weighted by atomic mass is 9.91. The number of rotatable bonds is 17. The lowest BCUT2D eigenvalue weighted by Crippen LogP contribution is -2.56. The molecule has 6 atom stereocenters. The Balaban J connectivity index is 1.45. The van der Waals surface area contributed by atoms with E-state index in [0.29, 0.717) is 26.2 Å². The van der Waals surface area contributed by atoms with Crippen molar-refractivity contribution in [3.8, 4) is 0 Å². The summed E-state index contributed by atoms with van der Waals surface area (Å²) in [5.74, 6) is 0. The van der Waals surface area contributed by atoms with Gasteiger partial charge in [0.1, 0.15) is 5.60 Å². The Kier molecular flexibility index (Phi) is 11.8. The van der Waals surface area contributed by atoms with Crippen molar-refractivity contribution < 1.29 is 28.5 Å². The van der Waals surface area contributed by atoms with Crippen molar-refractivity contribution in [1.29, 1.82) is 0 Å². The molecule has 7 heteroatoms. The van der Waals surface area contributed by atoms with E-state index in [1.54, 1.807) is 0 Å². The van der Waals surface area contributed by atoms with Crippen LogP contribution < -0.4 is 0 Å². The van der Waals surface area contributed by atoms with Gasteiger partial charge in [-0.05, 0) is 49.0 Å². The summed E-state index contributed by atoms with van der Waals surface area (Å²) in [6.07, 6.45) is 3.02. The summed E-state index contributed by atoms with van der Waals surface area (Å²) in [6.45, 7) is 10.7. The van der Waals surface area contributed by atoms with Gasteiger partial charge < -0.3 is 28.5 Å². The third-order valence-electron chi connectivity index (χ3n) is 8.94. The van der Waals surface area contributed by atoms with Gasteiger partial charge in [-0.3, -0.25) is 0 Å². The molecule has 2 saturated heterocycles. The number of aliphatic hydroxyl groups is 1. The average molecular weight is 571 g/mol. The van der Waals surface area contributed by atoms with Crippen LogP contribution in [0.5, 0.6) is 0 Å². The van der Waals surface area contributed by atoms with Crippen LogP contribution in [0.25, 0.3) is 0 Å². The normalized spacial score (nSPS) is 28.5. The van der Waals surface area contributed by atoms with E-state index in [2.05, 4.69) is 57.2 Å². The minimum Gasteiger partial charge on any atom is -0.409 e. The highest BCUT2D eigenvalue weighted by atomic mass is 28.4. The van der Waals surface area contributed by atoms with E-state index >= 15 is 0 Å². The highest BCUT2D eigenvalue weighted by Gasteiger charge is 2.55. The third kappa shape index (κ3) is 8.47. The lowest BCUT2D eigenvalue weighted by molar-refractivity contribution is -0.186. The number of ether oxygens (including phenoxy) is 4. The van der Waals surface area contributed by atoms with Gasteiger partial charge in [-0.1, -0.05) is 81.4 Å². The van der Waals surface area contributed by atoms with E-state index in [1.165, 1.54) is 11.1 Å². The van der Waals surface area contributed by atoms with E-state index in [9.17, 15) is 5.11 Å². The minimum atomic E-state index is -1.93. The predicted molar refractivity (Wildman–Crippen MR) is 161 cm³/mol. The van der Waals surface area contributed by atoms with Crippen molar-refractivity contribution in [3.05, 3.63) is 71.8 Å². The van der Waals surface area contributed by atoms with Gasteiger partial charge in [0.25, 0.3) is 0 Å². The fourth-order valence-electron chi connectivity index (χ4n) is 5.89. The molecule has 2 aromatic carbocycles. The van der Waals surface area contributed by atoms with Gasteiger partial charge in [0.15, 0.2) is 8.32 Å². The molecule has 0 spiro atoms. The Hall–Kier alpha value is -1.58. The molecule has 0 radical (unpaired) electrons. The summed E-state index contributed by atoms with van der Waals surface area (Å²) >= 11 is 0. The van der Waals surface area contributed by atoms with Gasteiger partial charge in [-0.15, -0.1) is 0 Å². The van der Waals surface area contributed by atoms with Crippen LogP contribution in [0.2, 0.25) is 18.1 Å². The first-order chi connectivity index (χ1) is 19.4. The van der Waals surface area contributed by atoms with Gasteiger partial charge in [0.2, 0.25) is 0 Å². The van der Waals surface area contributed by atoms with Crippen molar-refractivity contribution in [2.24, 2.45) is 0 Å². The van der Waals surface area contributed by atoms with Gasteiger partial charge in [0, 0.05) is 19.4 Å². The molecule has 2 aliphatic heterocycles. The molecule has 6 nitrogen and oxygen atoms in total. The molecule has 2 fully saturated rings. The highest BCUT2D eigenvalue weighted by Crippen LogP contribution is 2.43. The smallest absolute Gasteiger partial charge is 0.192 e. The summed E-state index contributed by atoms with van der Waals surface area (Å²) in [6, 6.07) is 23.9. The van der Waals surface area contributed by atoms with Crippen LogP contribution in [0.15, 0.2) is 60.7 Å². The maximum atomic E-state index is 9.87. The average Bonchev–Trinajstić information content (AvgIpc) is 3.65. The molecule has 40 heavy (non-hydrogen) atoms. The maximum absolute atomic E-state index is 9.87. The molecule has 0 unspecified atom stereocenters. The molecule has 2 aliphatic rings. The highest BCUT2D eigenvalue weighted by molar-refractivity contribution is 6.73. The van der Waals surface area contributed by atoms with E-state index in [-0.39, 0.29) is 37.1 Å². The number of aliphatic hydroxyl groups excluding tert-OH is 1. The van der Waals surface area contributed by atoms with Crippen LogP contribution in [0.3, 0.4) is 0 Å². The molecular formula is C33H50O6Si. The van der Waals surface area contributed by atoms with Gasteiger partial charge in [-0.2, -0.15) is 0 Å². The summed E-state index contributed by atoms with van der Waals surface area (Å²) < 4.78 is 32.6. The zero-order chi connectivity index (χ0) is 28.4. The molecule has 222 valence electrons. The first-order valence-electron chi connectivity index (χ1n) is 15.3. The van der Waals surface area contributed by atoms with Crippen LogP contribution in [-0.4, -0.2) is 62.8 Å². The molecule has 0 aromatic heterocycles. The SMILES string of the molecule is CC[Si](CC)(CC)O[C@H]1[C@@H](OCc2ccccc2)C[C@@H](CCCOCc2ccccc2)O[C@@H]1C[C@@H]1O[C@@]1(C)CO. The topological polar surface area (TPSA) is 69.7 Å². The number of hydrogen-bond donors (Lipinski definition) is 1. The monoisotopic (exact) mass is 570 g/mol. The van der Waals surface area contributed by atoms with E-state index in [4.69, 9.17) is 23.4 Å². The fraction of sp³-hybridized carbons (Fsp3) is 0.636. The largest absolute Gasteiger partial charge is 0.409 e. The van der Waals surface area contributed by atoms with Gasteiger partial charge >= 0.3 is 0 Å². The van der Waals surface area contributed by atoms with Crippen LogP contribution in [0.4, 0.5) is 0 Å². The predicted octanol–water partition coefficient (Wildman–Crippen LogP) is 6.66. The molecule has 0 amide bonds. The Labute approximate surface area is 242 Å². The maximum Gasteiger partial charge on any atom is 0.192 e. The Bertz CT molecular complexity index is 979. The van der Waals surface area contributed by atoms with Crippen molar-refractivity contribution in [3.63, 3.8) is 0 Å². The summed E-state index contributed by atoms with van der Waals surface area (Å²) in [5, 5.41) is 9.87. The summed E-state index contributed by atoms with van der Waals surface area (Å²) in [7, 11) is -1.93. The van der Waals surface area contributed by atoms with Crippen molar-refractivity contribution in [2.75, 3.05) is 13.2 Å². The van der Waals surface area contributed by atoms with Gasteiger partial charge in [-0.25, -0.2) is 0 Å². The van der Waals surface area contributed by atoms with Crippen molar-refractivity contribution in [2.45, 2.75) is 121 Å². The van der Waals surface area contributed by atoms with Crippen molar-refractivity contribution >= 4 is 8.32 Å². The van der Waals surface area contributed by atoms with Crippen LogP contribution in [-0.2, 0) is 36.6 Å². The van der Waals surface area contributed by atoms with E-state index in [1.807, 2.05) is 31.2 Å². The number of hydrogen-bond acceptors (Lipinski definition) is 6. The summed E-state index contributed by atoms with van der Waals surface area (Å²) in [4.78, 5) is 0. The molecule has 0 saturated carbocycles. The van der Waals surface area contributed by atoms with Crippen LogP contribution >= 0.6 is 0 Å². The third-order valence-corrected chi connectivity index (χ3v) is 13.6. The molecule has 1 N–H and O–H groups in total. The zero-order valence-electron chi connectivity index (χ0n) is 24.9.